The fourth-order valence-electron chi connectivity index (χ4n) is 2.58. The topological polar surface area (TPSA) is 96.4 Å². The molecule has 1 aromatic heterocycles. The van der Waals surface area contributed by atoms with Crippen LogP contribution in [0, 0.1) is 25.5 Å². The fourth-order valence-corrected chi connectivity index (χ4v) is 4.52. The quantitative estimate of drug-likeness (QED) is 0.569. The van der Waals surface area contributed by atoms with Gasteiger partial charge in [-0.3, -0.25) is 4.72 Å². The standard InChI is InChI=1S/C20H16F2N2O4S2/c1-11-7-15(9-16(12(11)2)20(25)26)30(27,28)24-13-3-6-19(23-10-13)29-14-4-5-17(21)18(22)8-14/h3-10,24H,1-2H3,(H,25,26). The Hall–Kier alpha value is -2.98. The number of hydrogen-bond acceptors (Lipinski definition) is 5. The Bertz CT molecular complexity index is 1230. The summed E-state index contributed by atoms with van der Waals surface area (Å²) in [6, 6.07) is 8.94. The maximum atomic E-state index is 13.3. The molecule has 0 radical (unpaired) electrons. The first kappa shape index (κ1) is 21.7. The molecule has 30 heavy (non-hydrogen) atoms. The summed E-state index contributed by atoms with van der Waals surface area (Å²) in [4.78, 5) is 15.7. The average Bonchev–Trinajstić information content (AvgIpc) is 2.67. The number of aromatic nitrogens is 1. The summed E-state index contributed by atoms with van der Waals surface area (Å²) in [5.41, 5.74) is 1.10. The van der Waals surface area contributed by atoms with Crippen LogP contribution in [0.5, 0.6) is 0 Å². The molecule has 0 aliphatic carbocycles. The van der Waals surface area contributed by atoms with Crippen LogP contribution in [0.4, 0.5) is 14.5 Å². The Morgan fingerprint density at radius 1 is 1.07 bits per heavy atom. The molecule has 0 saturated heterocycles. The van der Waals surface area contributed by atoms with Gasteiger partial charge in [-0.1, -0.05) is 11.8 Å². The molecule has 2 N–H and O–H groups in total. The summed E-state index contributed by atoms with van der Waals surface area (Å²) < 4.78 is 54.0. The summed E-state index contributed by atoms with van der Waals surface area (Å²) in [6.07, 6.45) is 1.28. The average molecular weight is 450 g/mol. The number of benzene rings is 2. The predicted octanol–water partition coefficient (Wildman–Crippen LogP) is 4.63. The van der Waals surface area contributed by atoms with Gasteiger partial charge in [0.05, 0.1) is 22.3 Å². The van der Waals surface area contributed by atoms with Gasteiger partial charge in [0.2, 0.25) is 0 Å². The smallest absolute Gasteiger partial charge is 0.336 e. The first-order valence-corrected chi connectivity index (χ1v) is 10.8. The molecule has 0 unspecified atom stereocenters. The van der Waals surface area contributed by atoms with Crippen molar-refractivity contribution in [3.8, 4) is 0 Å². The third-order valence-electron chi connectivity index (χ3n) is 4.28. The molecule has 0 aliphatic rings. The van der Waals surface area contributed by atoms with Crippen molar-refractivity contribution in [2.24, 2.45) is 0 Å². The van der Waals surface area contributed by atoms with Crippen molar-refractivity contribution < 1.29 is 27.1 Å². The number of anilines is 1. The van der Waals surface area contributed by atoms with E-state index in [9.17, 15) is 27.1 Å². The highest BCUT2D eigenvalue weighted by Crippen LogP contribution is 2.28. The van der Waals surface area contributed by atoms with Crippen LogP contribution in [0.15, 0.2) is 63.5 Å². The monoisotopic (exact) mass is 450 g/mol. The van der Waals surface area contributed by atoms with Crippen LogP contribution in [0.2, 0.25) is 0 Å². The van der Waals surface area contributed by atoms with E-state index < -0.39 is 27.6 Å². The third-order valence-corrected chi connectivity index (χ3v) is 6.58. The van der Waals surface area contributed by atoms with E-state index in [-0.39, 0.29) is 16.1 Å². The number of nitrogens with zero attached hydrogens (tertiary/aromatic N) is 1. The Kier molecular flexibility index (Phi) is 6.09. The predicted molar refractivity (Wildman–Crippen MR) is 108 cm³/mol. The molecule has 2 aromatic carbocycles. The van der Waals surface area contributed by atoms with Gasteiger partial charge in [-0.25, -0.2) is 27.0 Å². The minimum absolute atomic E-state index is 0.0909. The van der Waals surface area contributed by atoms with Gasteiger partial charge >= 0.3 is 5.97 Å². The van der Waals surface area contributed by atoms with Crippen molar-refractivity contribution in [2.45, 2.75) is 28.7 Å². The van der Waals surface area contributed by atoms with E-state index in [1.54, 1.807) is 13.8 Å². The molecule has 0 fully saturated rings. The third kappa shape index (κ3) is 4.77. The van der Waals surface area contributed by atoms with Crippen molar-refractivity contribution in [3.05, 3.63) is 77.0 Å². The number of carboxylic acids is 1. The molecule has 0 saturated carbocycles. The molecule has 10 heteroatoms. The second-order valence-corrected chi connectivity index (χ2v) is 9.16. The zero-order valence-corrected chi connectivity index (χ0v) is 17.4. The number of nitrogens with one attached hydrogen (secondary N) is 1. The lowest BCUT2D eigenvalue weighted by Gasteiger charge is -2.12. The van der Waals surface area contributed by atoms with Crippen LogP contribution in [0.1, 0.15) is 21.5 Å². The summed E-state index contributed by atoms with van der Waals surface area (Å²) in [5.74, 6) is -3.14. The number of carbonyl (C=O) groups is 1. The number of pyridine rings is 1. The van der Waals surface area contributed by atoms with Gasteiger partial charge in [-0.05, 0) is 67.4 Å². The van der Waals surface area contributed by atoms with Crippen molar-refractivity contribution in [3.63, 3.8) is 0 Å². The van der Waals surface area contributed by atoms with Crippen molar-refractivity contribution in [1.29, 1.82) is 0 Å². The molecule has 1 heterocycles. The van der Waals surface area contributed by atoms with Crippen LogP contribution < -0.4 is 4.72 Å². The first-order chi connectivity index (χ1) is 14.1. The second-order valence-electron chi connectivity index (χ2n) is 6.39. The van der Waals surface area contributed by atoms with Crippen LogP contribution in [-0.2, 0) is 10.0 Å². The van der Waals surface area contributed by atoms with E-state index >= 15 is 0 Å². The summed E-state index contributed by atoms with van der Waals surface area (Å²) >= 11 is 1.08. The summed E-state index contributed by atoms with van der Waals surface area (Å²) in [5, 5.41) is 9.73. The molecule has 6 nitrogen and oxygen atoms in total. The number of halogens is 2. The molecule has 0 amide bonds. The summed E-state index contributed by atoms with van der Waals surface area (Å²) in [6.45, 7) is 3.24. The van der Waals surface area contributed by atoms with Crippen molar-refractivity contribution >= 4 is 33.4 Å². The molecule has 0 atom stereocenters. The van der Waals surface area contributed by atoms with Crippen LogP contribution in [0.3, 0.4) is 0 Å². The maximum absolute atomic E-state index is 13.3. The fraction of sp³-hybridized carbons (Fsp3) is 0.100. The maximum Gasteiger partial charge on any atom is 0.336 e. The number of rotatable bonds is 6. The highest BCUT2D eigenvalue weighted by molar-refractivity contribution is 7.99. The zero-order valence-electron chi connectivity index (χ0n) is 15.8. The Morgan fingerprint density at radius 2 is 1.80 bits per heavy atom. The van der Waals surface area contributed by atoms with E-state index in [0.717, 1.165) is 30.0 Å². The minimum atomic E-state index is -4.04. The number of aryl methyl sites for hydroxylation is 1. The highest BCUT2D eigenvalue weighted by Gasteiger charge is 2.20. The second kappa shape index (κ2) is 8.41. The number of hydrogen-bond donors (Lipinski definition) is 2. The molecular weight excluding hydrogens is 434 g/mol. The normalized spacial score (nSPS) is 11.3. The van der Waals surface area contributed by atoms with Gasteiger partial charge in [0.25, 0.3) is 10.0 Å². The van der Waals surface area contributed by atoms with Gasteiger partial charge in [-0.15, -0.1) is 0 Å². The molecule has 0 aliphatic heterocycles. The largest absolute Gasteiger partial charge is 0.478 e. The molecule has 3 rings (SSSR count). The van der Waals surface area contributed by atoms with Crippen molar-refractivity contribution in [2.75, 3.05) is 4.72 Å². The Morgan fingerprint density at radius 3 is 2.40 bits per heavy atom. The van der Waals surface area contributed by atoms with Gasteiger partial charge < -0.3 is 5.11 Å². The van der Waals surface area contributed by atoms with Crippen LogP contribution in [-0.4, -0.2) is 24.5 Å². The van der Waals surface area contributed by atoms with Crippen LogP contribution in [0.25, 0.3) is 0 Å². The lowest BCUT2D eigenvalue weighted by molar-refractivity contribution is 0.0695. The lowest BCUT2D eigenvalue weighted by atomic mass is 10.0. The minimum Gasteiger partial charge on any atom is -0.478 e. The van der Waals surface area contributed by atoms with E-state index in [2.05, 4.69) is 9.71 Å². The van der Waals surface area contributed by atoms with E-state index in [0.29, 0.717) is 21.0 Å². The number of aromatic carboxylic acids is 1. The zero-order chi connectivity index (χ0) is 22.1. The molecule has 0 bridgehead atoms. The van der Waals surface area contributed by atoms with E-state index in [1.165, 1.54) is 30.5 Å². The Balaban J connectivity index is 1.80. The van der Waals surface area contributed by atoms with Crippen molar-refractivity contribution in [1.82, 2.24) is 4.98 Å². The van der Waals surface area contributed by atoms with Gasteiger partial charge in [0, 0.05) is 4.90 Å². The molecule has 0 spiro atoms. The highest BCUT2D eigenvalue weighted by atomic mass is 32.2. The summed E-state index contributed by atoms with van der Waals surface area (Å²) in [7, 11) is -4.04. The molecule has 3 aromatic rings. The van der Waals surface area contributed by atoms with Crippen LogP contribution >= 0.6 is 11.8 Å². The van der Waals surface area contributed by atoms with Gasteiger partial charge in [0.1, 0.15) is 5.03 Å². The van der Waals surface area contributed by atoms with E-state index in [4.69, 9.17) is 0 Å². The SMILES string of the molecule is Cc1cc(S(=O)(=O)Nc2ccc(Sc3ccc(F)c(F)c3)nc2)cc(C(=O)O)c1C. The van der Waals surface area contributed by atoms with E-state index in [1.807, 2.05) is 0 Å². The number of carboxylic acid groups (broad SMARTS) is 1. The first-order valence-electron chi connectivity index (χ1n) is 8.53. The molecule has 156 valence electrons. The number of sulfonamides is 1. The van der Waals surface area contributed by atoms with Gasteiger partial charge in [-0.2, -0.15) is 0 Å². The Labute approximate surface area is 176 Å². The molecular formula is C20H16F2N2O4S2. The van der Waals surface area contributed by atoms with Gasteiger partial charge in [0.15, 0.2) is 11.6 Å². The lowest BCUT2D eigenvalue weighted by Crippen LogP contribution is -2.15.